The lowest BCUT2D eigenvalue weighted by Gasteiger charge is -2.13. The number of aryl methyl sites for hydroxylation is 1. The van der Waals surface area contributed by atoms with Crippen LogP contribution in [0.5, 0.6) is 5.75 Å². The maximum absolute atomic E-state index is 12.8. The standard InChI is InChI=1S/C20H18N4O5/c1-2-11-23-16-10-6-4-8-14(16)18(25)17(20(23)27)19(26)22-21-12-13-7-3-5-9-15(13)24(28)29/h3-10,12,25H,2,11H2,1H3,(H,22,26)/b21-12+. The van der Waals surface area contributed by atoms with Crippen LogP contribution in [0.25, 0.3) is 10.9 Å². The minimum absolute atomic E-state index is 0.177. The lowest BCUT2D eigenvalue weighted by Crippen LogP contribution is -2.31. The molecular formula is C20H18N4O5. The first kappa shape index (κ1) is 19.7. The van der Waals surface area contributed by atoms with Crippen LogP contribution in [0.15, 0.2) is 58.4 Å². The zero-order valence-corrected chi connectivity index (χ0v) is 15.5. The second-order valence-electron chi connectivity index (χ2n) is 6.21. The van der Waals surface area contributed by atoms with E-state index in [9.17, 15) is 24.8 Å². The third kappa shape index (κ3) is 3.84. The van der Waals surface area contributed by atoms with Crippen molar-refractivity contribution in [3.05, 3.63) is 80.1 Å². The normalized spacial score (nSPS) is 11.1. The fourth-order valence-electron chi connectivity index (χ4n) is 3.02. The van der Waals surface area contributed by atoms with Crippen molar-refractivity contribution in [2.24, 2.45) is 5.10 Å². The molecular weight excluding hydrogens is 376 g/mol. The van der Waals surface area contributed by atoms with Crippen LogP contribution in [-0.2, 0) is 6.54 Å². The number of benzene rings is 2. The van der Waals surface area contributed by atoms with Crippen molar-refractivity contribution in [2.75, 3.05) is 0 Å². The second kappa shape index (κ2) is 8.34. The van der Waals surface area contributed by atoms with Crippen molar-refractivity contribution < 1.29 is 14.8 Å². The summed E-state index contributed by atoms with van der Waals surface area (Å²) in [6, 6.07) is 12.6. The van der Waals surface area contributed by atoms with Gasteiger partial charge in [-0.25, -0.2) is 5.43 Å². The van der Waals surface area contributed by atoms with Gasteiger partial charge < -0.3 is 9.67 Å². The third-order valence-corrected chi connectivity index (χ3v) is 4.32. The first-order valence-corrected chi connectivity index (χ1v) is 8.87. The van der Waals surface area contributed by atoms with Crippen molar-refractivity contribution in [2.45, 2.75) is 19.9 Å². The van der Waals surface area contributed by atoms with Crippen molar-refractivity contribution in [1.82, 2.24) is 9.99 Å². The van der Waals surface area contributed by atoms with Gasteiger partial charge in [0.15, 0.2) is 0 Å². The molecule has 9 heteroatoms. The number of hydrogen-bond acceptors (Lipinski definition) is 6. The molecule has 0 fully saturated rings. The molecule has 3 aromatic rings. The number of amides is 1. The van der Waals surface area contributed by atoms with Crippen LogP contribution in [-0.4, -0.2) is 26.7 Å². The van der Waals surface area contributed by atoms with Crippen LogP contribution in [0.4, 0.5) is 5.69 Å². The molecule has 148 valence electrons. The van der Waals surface area contributed by atoms with Gasteiger partial charge in [-0.05, 0) is 24.6 Å². The van der Waals surface area contributed by atoms with E-state index < -0.39 is 27.7 Å². The first-order chi connectivity index (χ1) is 14.0. The predicted octanol–water partition coefficient (Wildman–Crippen LogP) is 2.79. The number of nitrogens with zero attached hydrogens (tertiary/aromatic N) is 3. The van der Waals surface area contributed by atoms with E-state index in [1.165, 1.54) is 22.8 Å². The lowest BCUT2D eigenvalue weighted by molar-refractivity contribution is -0.385. The van der Waals surface area contributed by atoms with Crippen LogP contribution < -0.4 is 11.0 Å². The Balaban J connectivity index is 1.98. The van der Waals surface area contributed by atoms with E-state index in [1.54, 1.807) is 30.3 Å². The maximum Gasteiger partial charge on any atom is 0.280 e. The molecule has 3 rings (SSSR count). The van der Waals surface area contributed by atoms with E-state index >= 15 is 0 Å². The van der Waals surface area contributed by atoms with E-state index in [0.29, 0.717) is 23.9 Å². The van der Waals surface area contributed by atoms with Gasteiger partial charge in [0.05, 0.1) is 22.2 Å². The highest BCUT2D eigenvalue weighted by Gasteiger charge is 2.21. The number of pyridine rings is 1. The van der Waals surface area contributed by atoms with E-state index in [0.717, 1.165) is 6.21 Å². The molecule has 1 aromatic heterocycles. The van der Waals surface area contributed by atoms with Gasteiger partial charge in [-0.1, -0.05) is 31.2 Å². The molecule has 0 aliphatic carbocycles. The SMILES string of the molecule is CCCn1c(=O)c(C(=O)N/N=C/c2ccccc2[N+](=O)[O-])c(O)c2ccccc21. The highest BCUT2D eigenvalue weighted by Crippen LogP contribution is 2.26. The first-order valence-electron chi connectivity index (χ1n) is 8.87. The van der Waals surface area contributed by atoms with Gasteiger partial charge in [0.2, 0.25) is 0 Å². The Morgan fingerprint density at radius 2 is 1.93 bits per heavy atom. The molecule has 0 atom stereocenters. The van der Waals surface area contributed by atoms with Gasteiger partial charge in [-0.15, -0.1) is 0 Å². The number of rotatable bonds is 6. The Morgan fingerprint density at radius 1 is 1.24 bits per heavy atom. The van der Waals surface area contributed by atoms with Crippen LogP contribution in [0.3, 0.4) is 0 Å². The van der Waals surface area contributed by atoms with Gasteiger partial charge >= 0.3 is 0 Å². The summed E-state index contributed by atoms with van der Waals surface area (Å²) in [5, 5.41) is 25.6. The second-order valence-corrected chi connectivity index (χ2v) is 6.21. The van der Waals surface area contributed by atoms with E-state index in [2.05, 4.69) is 10.5 Å². The van der Waals surface area contributed by atoms with Crippen LogP contribution in [0.2, 0.25) is 0 Å². The number of hydrazone groups is 1. The number of nitro groups is 1. The number of fused-ring (bicyclic) bond motifs is 1. The molecule has 2 aromatic carbocycles. The fourth-order valence-corrected chi connectivity index (χ4v) is 3.02. The monoisotopic (exact) mass is 394 g/mol. The molecule has 9 nitrogen and oxygen atoms in total. The highest BCUT2D eigenvalue weighted by atomic mass is 16.6. The third-order valence-electron chi connectivity index (χ3n) is 4.32. The number of carbonyl (C=O) groups is 1. The number of aromatic hydroxyl groups is 1. The number of nitro benzene ring substituents is 1. The smallest absolute Gasteiger partial charge is 0.280 e. The summed E-state index contributed by atoms with van der Waals surface area (Å²) < 4.78 is 1.43. The van der Waals surface area contributed by atoms with Gasteiger partial charge in [-0.2, -0.15) is 5.10 Å². The van der Waals surface area contributed by atoms with E-state index in [4.69, 9.17) is 0 Å². The highest BCUT2D eigenvalue weighted by molar-refractivity contribution is 6.02. The van der Waals surface area contributed by atoms with Crippen molar-refractivity contribution in [3.8, 4) is 5.75 Å². The summed E-state index contributed by atoms with van der Waals surface area (Å²) in [6.45, 7) is 2.27. The van der Waals surface area contributed by atoms with Crippen LogP contribution in [0, 0.1) is 10.1 Å². The molecule has 0 radical (unpaired) electrons. The summed E-state index contributed by atoms with van der Waals surface area (Å²) in [6.07, 6.45) is 1.77. The zero-order chi connectivity index (χ0) is 21.0. The number of para-hydroxylation sites is 2. The lowest BCUT2D eigenvalue weighted by atomic mass is 10.1. The molecule has 1 amide bonds. The molecule has 2 N–H and O–H groups in total. The molecule has 0 aliphatic rings. The molecule has 0 saturated carbocycles. The predicted molar refractivity (Wildman–Crippen MR) is 108 cm³/mol. The maximum atomic E-state index is 12.8. The van der Waals surface area contributed by atoms with Gasteiger partial charge in [-0.3, -0.25) is 19.7 Å². The minimum atomic E-state index is -0.905. The Morgan fingerprint density at radius 3 is 2.66 bits per heavy atom. The van der Waals surface area contributed by atoms with Gasteiger partial charge in [0.25, 0.3) is 17.2 Å². The Kier molecular flexibility index (Phi) is 5.68. The minimum Gasteiger partial charge on any atom is -0.506 e. The molecule has 0 spiro atoms. The van der Waals surface area contributed by atoms with Crippen LogP contribution in [0.1, 0.15) is 29.3 Å². The van der Waals surface area contributed by atoms with Crippen molar-refractivity contribution in [3.63, 3.8) is 0 Å². The Hall–Kier alpha value is -4.01. The molecule has 1 heterocycles. The summed E-state index contributed by atoms with van der Waals surface area (Å²) in [5.41, 5.74) is 1.63. The molecule has 0 saturated heterocycles. The number of hydrogen-bond donors (Lipinski definition) is 2. The summed E-state index contributed by atoms with van der Waals surface area (Å²) in [5.74, 6) is -1.34. The van der Waals surface area contributed by atoms with Crippen molar-refractivity contribution >= 4 is 28.7 Å². The molecule has 0 unspecified atom stereocenters. The average Bonchev–Trinajstić information content (AvgIpc) is 2.71. The average molecular weight is 394 g/mol. The summed E-state index contributed by atoms with van der Waals surface area (Å²) >= 11 is 0. The van der Waals surface area contributed by atoms with Gasteiger partial charge in [0, 0.05) is 18.0 Å². The Labute approximate surface area is 165 Å². The van der Waals surface area contributed by atoms with E-state index in [-0.39, 0.29) is 11.3 Å². The summed E-state index contributed by atoms with van der Waals surface area (Å²) in [7, 11) is 0. The molecule has 0 bridgehead atoms. The molecule has 29 heavy (non-hydrogen) atoms. The quantitative estimate of drug-likeness (QED) is 0.378. The number of nitrogens with one attached hydrogen (secondary N) is 1. The van der Waals surface area contributed by atoms with Crippen molar-refractivity contribution in [1.29, 1.82) is 0 Å². The zero-order valence-electron chi connectivity index (χ0n) is 15.5. The molecule has 0 aliphatic heterocycles. The topological polar surface area (TPSA) is 127 Å². The largest absolute Gasteiger partial charge is 0.506 e. The van der Waals surface area contributed by atoms with Gasteiger partial charge in [0.1, 0.15) is 11.3 Å². The Bertz CT molecular complexity index is 1180. The van der Waals surface area contributed by atoms with Crippen LogP contribution >= 0.6 is 0 Å². The number of carbonyl (C=O) groups excluding carboxylic acids is 1. The summed E-state index contributed by atoms with van der Waals surface area (Å²) in [4.78, 5) is 35.8. The van der Waals surface area contributed by atoms with E-state index in [1.807, 2.05) is 6.92 Å². The number of aromatic nitrogens is 1. The fraction of sp³-hybridized carbons (Fsp3) is 0.150.